The van der Waals surface area contributed by atoms with Crippen LogP contribution >= 0.6 is 0 Å². The number of piperidine rings is 1. The van der Waals surface area contributed by atoms with Crippen LogP contribution in [-0.4, -0.2) is 33.2 Å². The number of rotatable bonds is 3. The average molecular weight is 300 g/mol. The summed E-state index contributed by atoms with van der Waals surface area (Å²) in [6.45, 7) is 3.68. The molecule has 7 heteroatoms. The Labute approximate surface area is 128 Å². The third-order valence-corrected chi connectivity index (χ3v) is 4.32. The van der Waals surface area contributed by atoms with Crippen LogP contribution in [-0.2, 0) is 0 Å². The number of nitrogen functional groups attached to an aromatic ring is 1. The molecule has 1 atom stereocenters. The van der Waals surface area contributed by atoms with Crippen molar-refractivity contribution in [3.05, 3.63) is 23.5 Å². The third kappa shape index (κ3) is 2.63. The van der Waals surface area contributed by atoms with E-state index in [9.17, 15) is 0 Å². The predicted molar refractivity (Wildman–Crippen MR) is 81.6 cm³/mol. The van der Waals surface area contributed by atoms with Crippen molar-refractivity contribution in [2.24, 2.45) is 0 Å². The number of nitrogens with two attached hydrogens (primary N) is 1. The molecule has 1 unspecified atom stereocenters. The second kappa shape index (κ2) is 5.23. The van der Waals surface area contributed by atoms with E-state index in [2.05, 4.69) is 25.0 Å². The summed E-state index contributed by atoms with van der Waals surface area (Å²) in [5, 5.41) is 4.19. The van der Waals surface area contributed by atoms with Crippen LogP contribution in [0.3, 0.4) is 0 Å². The highest BCUT2D eigenvalue weighted by Crippen LogP contribution is 2.39. The Morgan fingerprint density at radius 1 is 1.18 bits per heavy atom. The van der Waals surface area contributed by atoms with Crippen molar-refractivity contribution >= 4 is 11.8 Å². The highest BCUT2D eigenvalue weighted by atomic mass is 16.5. The third-order valence-electron chi connectivity index (χ3n) is 4.32. The van der Waals surface area contributed by atoms with Crippen molar-refractivity contribution in [2.45, 2.75) is 44.4 Å². The van der Waals surface area contributed by atoms with Crippen LogP contribution in [0.4, 0.5) is 11.8 Å². The van der Waals surface area contributed by atoms with Crippen LogP contribution in [0.25, 0.3) is 0 Å². The lowest BCUT2D eigenvalue weighted by atomic mass is 9.97. The molecule has 0 aromatic carbocycles. The molecule has 1 aliphatic carbocycles. The van der Waals surface area contributed by atoms with E-state index in [4.69, 9.17) is 10.3 Å². The molecule has 2 fully saturated rings. The fourth-order valence-corrected chi connectivity index (χ4v) is 3.00. The quantitative estimate of drug-likeness (QED) is 0.926. The van der Waals surface area contributed by atoms with E-state index >= 15 is 0 Å². The number of aromatic nitrogens is 4. The van der Waals surface area contributed by atoms with Gasteiger partial charge in [-0.1, -0.05) is 5.16 Å². The van der Waals surface area contributed by atoms with Crippen LogP contribution in [0.5, 0.6) is 0 Å². The zero-order valence-corrected chi connectivity index (χ0v) is 12.7. The maximum atomic E-state index is 5.84. The summed E-state index contributed by atoms with van der Waals surface area (Å²) >= 11 is 0. The van der Waals surface area contributed by atoms with Gasteiger partial charge in [0, 0.05) is 36.7 Å². The summed E-state index contributed by atoms with van der Waals surface area (Å²) in [5.41, 5.74) is 6.73. The molecule has 1 saturated carbocycles. The maximum Gasteiger partial charge on any atom is 0.229 e. The zero-order valence-electron chi connectivity index (χ0n) is 12.7. The standard InChI is InChI=1S/C15H20N6O/c1-9-7-12(16)18-15(17-9)21-6-2-3-11(8-21)13-19-14(22-20-13)10-4-5-10/h7,10-11H,2-6,8H2,1H3,(H2,16,17,18). The Kier molecular flexibility index (Phi) is 3.20. The topological polar surface area (TPSA) is 94.0 Å². The first-order valence-corrected chi connectivity index (χ1v) is 7.88. The van der Waals surface area contributed by atoms with Crippen LogP contribution in [0, 0.1) is 6.92 Å². The highest BCUT2D eigenvalue weighted by Gasteiger charge is 2.32. The lowest BCUT2D eigenvalue weighted by Gasteiger charge is -2.31. The Hall–Kier alpha value is -2.18. The molecule has 1 saturated heterocycles. The minimum Gasteiger partial charge on any atom is -0.384 e. The van der Waals surface area contributed by atoms with Crippen LogP contribution in [0.15, 0.2) is 10.6 Å². The number of anilines is 2. The van der Waals surface area contributed by atoms with E-state index in [1.54, 1.807) is 6.07 Å². The average Bonchev–Trinajstić information content (AvgIpc) is 3.24. The minimum atomic E-state index is 0.273. The molecule has 3 heterocycles. The summed E-state index contributed by atoms with van der Waals surface area (Å²) in [4.78, 5) is 15.6. The SMILES string of the molecule is Cc1cc(N)nc(N2CCCC(c3noc(C4CC4)n3)C2)n1. The second-order valence-corrected chi connectivity index (χ2v) is 6.28. The lowest BCUT2D eigenvalue weighted by Crippen LogP contribution is -2.36. The Balaban J connectivity index is 1.53. The van der Waals surface area contributed by atoms with E-state index in [1.165, 1.54) is 12.8 Å². The van der Waals surface area contributed by atoms with Crippen molar-refractivity contribution in [1.82, 2.24) is 20.1 Å². The van der Waals surface area contributed by atoms with E-state index in [0.29, 0.717) is 17.7 Å². The van der Waals surface area contributed by atoms with Gasteiger partial charge in [0.2, 0.25) is 11.8 Å². The molecule has 2 aromatic rings. The molecule has 7 nitrogen and oxygen atoms in total. The lowest BCUT2D eigenvalue weighted by molar-refractivity contribution is 0.365. The minimum absolute atomic E-state index is 0.273. The van der Waals surface area contributed by atoms with Crippen LogP contribution in [0.1, 0.15) is 54.9 Å². The molecule has 4 rings (SSSR count). The fourth-order valence-electron chi connectivity index (χ4n) is 3.00. The monoisotopic (exact) mass is 300 g/mol. The summed E-state index contributed by atoms with van der Waals surface area (Å²) in [5.74, 6) is 3.62. The smallest absolute Gasteiger partial charge is 0.229 e. The first-order valence-electron chi connectivity index (χ1n) is 7.88. The van der Waals surface area contributed by atoms with Gasteiger partial charge in [-0.3, -0.25) is 0 Å². The van der Waals surface area contributed by atoms with Crippen molar-refractivity contribution in [3.63, 3.8) is 0 Å². The van der Waals surface area contributed by atoms with Gasteiger partial charge in [-0.15, -0.1) is 0 Å². The van der Waals surface area contributed by atoms with Crippen molar-refractivity contribution in [2.75, 3.05) is 23.7 Å². The van der Waals surface area contributed by atoms with Gasteiger partial charge in [-0.2, -0.15) is 9.97 Å². The van der Waals surface area contributed by atoms with Gasteiger partial charge in [0.1, 0.15) is 5.82 Å². The number of nitrogens with zero attached hydrogens (tertiary/aromatic N) is 5. The van der Waals surface area contributed by atoms with Gasteiger partial charge in [0.25, 0.3) is 0 Å². The van der Waals surface area contributed by atoms with Crippen molar-refractivity contribution < 1.29 is 4.52 Å². The van der Waals surface area contributed by atoms with Gasteiger partial charge < -0.3 is 15.2 Å². The van der Waals surface area contributed by atoms with E-state index in [1.807, 2.05) is 6.92 Å². The Bertz CT molecular complexity index is 660. The van der Waals surface area contributed by atoms with Crippen molar-refractivity contribution in [3.8, 4) is 0 Å². The normalized spacial score (nSPS) is 22.0. The molecule has 0 amide bonds. The summed E-state index contributed by atoms with van der Waals surface area (Å²) in [6.07, 6.45) is 4.49. The second-order valence-electron chi connectivity index (χ2n) is 6.28. The molecule has 2 aliphatic rings. The van der Waals surface area contributed by atoms with E-state index in [0.717, 1.165) is 43.3 Å². The largest absolute Gasteiger partial charge is 0.384 e. The van der Waals surface area contributed by atoms with E-state index in [-0.39, 0.29) is 5.92 Å². The molecule has 2 aromatic heterocycles. The van der Waals surface area contributed by atoms with E-state index < -0.39 is 0 Å². The molecular formula is C15H20N6O. The first-order chi connectivity index (χ1) is 10.7. The summed E-state index contributed by atoms with van der Waals surface area (Å²) in [6, 6.07) is 1.78. The zero-order chi connectivity index (χ0) is 15.1. The summed E-state index contributed by atoms with van der Waals surface area (Å²) in [7, 11) is 0. The molecule has 116 valence electrons. The maximum absolute atomic E-state index is 5.84. The van der Waals surface area contributed by atoms with Crippen LogP contribution in [0.2, 0.25) is 0 Å². The Morgan fingerprint density at radius 3 is 2.82 bits per heavy atom. The van der Waals surface area contributed by atoms with Crippen molar-refractivity contribution in [1.29, 1.82) is 0 Å². The van der Waals surface area contributed by atoms with Gasteiger partial charge in [0.05, 0.1) is 0 Å². The molecular weight excluding hydrogens is 280 g/mol. The number of hydrogen-bond acceptors (Lipinski definition) is 7. The van der Waals surface area contributed by atoms with Gasteiger partial charge in [-0.25, -0.2) is 4.98 Å². The molecule has 22 heavy (non-hydrogen) atoms. The Morgan fingerprint density at radius 2 is 2.05 bits per heavy atom. The molecule has 0 bridgehead atoms. The molecule has 2 N–H and O–H groups in total. The number of hydrogen-bond donors (Lipinski definition) is 1. The van der Waals surface area contributed by atoms with Gasteiger partial charge in [-0.05, 0) is 32.6 Å². The summed E-state index contributed by atoms with van der Waals surface area (Å²) < 4.78 is 5.39. The molecule has 1 aliphatic heterocycles. The first kappa shape index (κ1) is 13.5. The highest BCUT2D eigenvalue weighted by molar-refractivity contribution is 5.41. The van der Waals surface area contributed by atoms with Gasteiger partial charge in [0.15, 0.2) is 5.82 Å². The predicted octanol–water partition coefficient (Wildman–Crippen LogP) is 2.01. The van der Waals surface area contributed by atoms with Gasteiger partial charge >= 0.3 is 0 Å². The molecule has 0 spiro atoms. The number of aryl methyl sites for hydroxylation is 1. The molecule has 0 radical (unpaired) electrons. The van der Waals surface area contributed by atoms with Crippen LogP contribution < -0.4 is 10.6 Å². The fraction of sp³-hybridized carbons (Fsp3) is 0.600.